The summed E-state index contributed by atoms with van der Waals surface area (Å²) in [4.78, 5) is 6.35. The maximum Gasteiger partial charge on any atom is 0.195 e. The highest BCUT2D eigenvalue weighted by molar-refractivity contribution is 7.23. The van der Waals surface area contributed by atoms with Crippen LogP contribution in [-0.4, -0.2) is 14.0 Å². The first-order chi connectivity index (χ1) is 22.6. The van der Waals surface area contributed by atoms with E-state index in [-0.39, 0.29) is 5.41 Å². The highest BCUT2D eigenvalue weighted by Gasteiger charge is 2.35. The Kier molecular flexibility index (Phi) is 5.22. The molecule has 4 heteroatoms. The molecule has 46 heavy (non-hydrogen) atoms. The van der Waals surface area contributed by atoms with Crippen LogP contribution in [0.15, 0.2) is 140 Å². The zero-order valence-electron chi connectivity index (χ0n) is 25.5. The molecule has 10 rings (SSSR count). The molecule has 0 amide bonds. The number of thiazole rings is 1. The molecule has 1 aliphatic rings. The van der Waals surface area contributed by atoms with Crippen LogP contribution < -0.4 is 0 Å². The first-order valence-corrected chi connectivity index (χ1v) is 16.6. The number of rotatable bonds is 3. The van der Waals surface area contributed by atoms with Gasteiger partial charge in [-0.05, 0) is 64.7 Å². The molecule has 0 N–H and O–H groups in total. The van der Waals surface area contributed by atoms with Crippen LogP contribution in [-0.2, 0) is 5.41 Å². The molecular weight excluding hydrogens is 579 g/mol. The van der Waals surface area contributed by atoms with Crippen molar-refractivity contribution in [2.75, 3.05) is 0 Å². The van der Waals surface area contributed by atoms with E-state index in [1.165, 1.54) is 59.8 Å². The van der Waals surface area contributed by atoms with Crippen molar-refractivity contribution in [1.29, 1.82) is 0 Å². The summed E-state index contributed by atoms with van der Waals surface area (Å²) in [6, 6.07) is 50.8. The maximum absolute atomic E-state index is 5.33. The lowest BCUT2D eigenvalue weighted by Gasteiger charge is -2.22. The lowest BCUT2D eigenvalue weighted by Crippen LogP contribution is -2.15. The summed E-state index contributed by atoms with van der Waals surface area (Å²) in [6.07, 6.45) is 0. The van der Waals surface area contributed by atoms with Gasteiger partial charge in [-0.25, -0.2) is 4.98 Å². The van der Waals surface area contributed by atoms with Gasteiger partial charge in [0.25, 0.3) is 0 Å². The van der Waals surface area contributed by atoms with E-state index in [0.717, 1.165) is 27.6 Å². The van der Waals surface area contributed by atoms with Gasteiger partial charge in [0.2, 0.25) is 0 Å². The molecule has 0 unspecified atom stereocenters. The van der Waals surface area contributed by atoms with Crippen molar-refractivity contribution in [1.82, 2.24) is 14.0 Å². The minimum absolute atomic E-state index is 0.0768. The van der Waals surface area contributed by atoms with Gasteiger partial charge in [0.15, 0.2) is 4.96 Å². The van der Waals surface area contributed by atoms with Gasteiger partial charge >= 0.3 is 0 Å². The number of benzene rings is 6. The highest BCUT2D eigenvalue weighted by atomic mass is 32.1. The minimum Gasteiger partial charge on any atom is -0.309 e. The van der Waals surface area contributed by atoms with E-state index in [1.54, 1.807) is 11.3 Å². The zero-order valence-corrected chi connectivity index (χ0v) is 26.3. The predicted octanol–water partition coefficient (Wildman–Crippen LogP) is 11.3. The Morgan fingerprint density at radius 3 is 1.93 bits per heavy atom. The third-order valence-electron chi connectivity index (χ3n) is 9.99. The second-order valence-corrected chi connectivity index (χ2v) is 13.9. The second-order valence-electron chi connectivity index (χ2n) is 12.8. The summed E-state index contributed by atoms with van der Waals surface area (Å²) in [5, 5.41) is 2.54. The fraction of sp³-hybridized carbons (Fsp3) is 0.0714. The molecule has 0 bridgehead atoms. The largest absolute Gasteiger partial charge is 0.309 e. The van der Waals surface area contributed by atoms with Crippen molar-refractivity contribution < 1.29 is 0 Å². The van der Waals surface area contributed by atoms with E-state index >= 15 is 0 Å². The van der Waals surface area contributed by atoms with E-state index in [4.69, 9.17) is 4.98 Å². The van der Waals surface area contributed by atoms with Gasteiger partial charge in [-0.1, -0.05) is 122 Å². The molecule has 0 spiro atoms. The summed E-state index contributed by atoms with van der Waals surface area (Å²) < 4.78 is 5.98. The Morgan fingerprint density at radius 2 is 1.17 bits per heavy atom. The standard InChI is InChI=1S/C42H29N3S/c1-42(2)33-14-6-3-11-29(33)30-24-21-27(25-34(30)42)40-39(43-41-45(40)37-17-9-10-18-38(37)46-41)26-19-22-28(23-20-26)44-35-15-7-4-12-31(35)32-13-5-8-16-36(32)44/h3-25H,1-2H3. The van der Waals surface area contributed by atoms with Crippen LogP contribution in [0.25, 0.3) is 76.3 Å². The van der Waals surface area contributed by atoms with E-state index in [2.05, 4.69) is 162 Å². The molecular formula is C42H29N3S. The molecule has 0 fully saturated rings. The third kappa shape index (κ3) is 3.45. The Labute approximate surface area is 270 Å². The van der Waals surface area contributed by atoms with Gasteiger partial charge in [0.1, 0.15) is 0 Å². The molecule has 6 aromatic carbocycles. The predicted molar refractivity (Wildman–Crippen MR) is 193 cm³/mol. The van der Waals surface area contributed by atoms with Crippen LogP contribution in [0, 0.1) is 0 Å². The number of imidazole rings is 1. The van der Waals surface area contributed by atoms with Crippen molar-refractivity contribution in [3.63, 3.8) is 0 Å². The minimum atomic E-state index is -0.0768. The monoisotopic (exact) mass is 607 g/mol. The van der Waals surface area contributed by atoms with Crippen LogP contribution in [0.5, 0.6) is 0 Å². The number of fused-ring (bicyclic) bond motifs is 9. The average Bonchev–Trinajstić information content (AvgIpc) is 3.81. The van der Waals surface area contributed by atoms with Gasteiger partial charge in [-0.3, -0.25) is 4.40 Å². The van der Waals surface area contributed by atoms with Gasteiger partial charge in [0, 0.05) is 33.0 Å². The lowest BCUT2D eigenvalue weighted by atomic mass is 9.82. The molecule has 9 aromatic rings. The second kappa shape index (κ2) is 9.29. The van der Waals surface area contributed by atoms with Gasteiger partial charge in [0.05, 0.1) is 32.6 Å². The van der Waals surface area contributed by atoms with Crippen LogP contribution in [0.3, 0.4) is 0 Å². The van der Waals surface area contributed by atoms with E-state index in [1.807, 2.05) is 0 Å². The van der Waals surface area contributed by atoms with Crippen molar-refractivity contribution in [2.45, 2.75) is 19.3 Å². The van der Waals surface area contributed by atoms with Crippen molar-refractivity contribution >= 4 is 48.3 Å². The number of para-hydroxylation sites is 3. The van der Waals surface area contributed by atoms with Crippen molar-refractivity contribution in [3.8, 4) is 39.3 Å². The molecule has 0 aliphatic heterocycles. The molecule has 3 heterocycles. The molecule has 1 aliphatic carbocycles. The molecule has 3 aromatic heterocycles. The summed E-state index contributed by atoms with van der Waals surface area (Å²) >= 11 is 1.75. The van der Waals surface area contributed by atoms with Crippen LogP contribution in [0.2, 0.25) is 0 Å². The molecule has 0 saturated carbocycles. The van der Waals surface area contributed by atoms with Crippen LogP contribution in [0.1, 0.15) is 25.0 Å². The number of hydrogen-bond donors (Lipinski definition) is 0. The maximum atomic E-state index is 5.33. The molecule has 218 valence electrons. The highest BCUT2D eigenvalue weighted by Crippen LogP contribution is 2.50. The number of nitrogens with zero attached hydrogens (tertiary/aromatic N) is 3. The van der Waals surface area contributed by atoms with E-state index in [0.29, 0.717) is 0 Å². The van der Waals surface area contributed by atoms with Gasteiger partial charge in [-0.15, -0.1) is 0 Å². The summed E-state index contributed by atoms with van der Waals surface area (Å²) in [6.45, 7) is 4.70. The van der Waals surface area contributed by atoms with E-state index < -0.39 is 0 Å². The van der Waals surface area contributed by atoms with Crippen LogP contribution in [0.4, 0.5) is 0 Å². The smallest absolute Gasteiger partial charge is 0.195 e. The molecule has 0 atom stereocenters. The SMILES string of the molecule is CC1(C)c2ccccc2-c2ccc(-c3c(-c4ccc(-n5c6ccccc6c6ccccc65)cc4)nc4sc5ccccc5n34)cc21. The third-order valence-corrected chi connectivity index (χ3v) is 11.0. The lowest BCUT2D eigenvalue weighted by molar-refractivity contribution is 0.660. The Balaban J connectivity index is 1.18. The summed E-state index contributed by atoms with van der Waals surface area (Å²) in [5.74, 6) is 0. The van der Waals surface area contributed by atoms with Gasteiger partial charge < -0.3 is 4.57 Å². The quantitative estimate of drug-likeness (QED) is 0.196. The molecule has 3 nitrogen and oxygen atoms in total. The Morgan fingerprint density at radius 1 is 0.565 bits per heavy atom. The normalized spacial score (nSPS) is 13.6. The van der Waals surface area contributed by atoms with Crippen LogP contribution >= 0.6 is 11.3 Å². The Bertz CT molecular complexity index is 2610. The molecule has 0 radical (unpaired) electrons. The number of aromatic nitrogens is 3. The topological polar surface area (TPSA) is 22.2 Å². The first kappa shape index (κ1) is 25.8. The van der Waals surface area contributed by atoms with Crippen molar-refractivity contribution in [2.24, 2.45) is 0 Å². The number of hydrogen-bond acceptors (Lipinski definition) is 2. The average molecular weight is 608 g/mol. The van der Waals surface area contributed by atoms with Crippen molar-refractivity contribution in [3.05, 3.63) is 151 Å². The van der Waals surface area contributed by atoms with Gasteiger partial charge in [-0.2, -0.15) is 0 Å². The summed E-state index contributed by atoms with van der Waals surface area (Å²) in [7, 11) is 0. The summed E-state index contributed by atoms with van der Waals surface area (Å²) in [5.41, 5.74) is 14.6. The fourth-order valence-corrected chi connectivity index (χ4v) is 8.83. The zero-order chi connectivity index (χ0) is 30.6. The fourth-order valence-electron chi connectivity index (χ4n) is 7.81. The Hall–Kier alpha value is -5.45. The molecule has 0 saturated heterocycles. The van der Waals surface area contributed by atoms with E-state index in [9.17, 15) is 0 Å². The first-order valence-electron chi connectivity index (χ1n) is 15.8.